The molecule has 4 rings (SSSR count). The molecule has 0 amide bonds. The van der Waals surface area contributed by atoms with Crippen molar-refractivity contribution in [1.82, 2.24) is 0 Å². The van der Waals surface area contributed by atoms with Gasteiger partial charge in [-0.3, -0.25) is 10.1 Å². The Morgan fingerprint density at radius 3 is 2.37 bits per heavy atom. The zero-order valence-electron chi connectivity index (χ0n) is 18.9. The third kappa shape index (κ3) is 4.38. The second-order valence-electron chi connectivity index (χ2n) is 7.10. The molecule has 0 saturated carbocycles. The molecule has 0 aliphatic rings. The number of para-hydroxylation sites is 2. The summed E-state index contributed by atoms with van der Waals surface area (Å²) in [6, 6.07) is 11.6. The van der Waals surface area contributed by atoms with E-state index in [1.807, 2.05) is 0 Å². The number of rotatable bonds is 8. The lowest BCUT2D eigenvalue weighted by Gasteiger charge is -2.15. The molecule has 0 saturated heterocycles. The molecule has 0 aliphatic heterocycles. The molecule has 0 N–H and O–H groups in total. The van der Waals surface area contributed by atoms with E-state index in [0.29, 0.717) is 22.3 Å². The van der Waals surface area contributed by atoms with Crippen LogP contribution in [-0.2, 0) is 4.79 Å². The maximum Gasteiger partial charge on any atom is 0.349 e. The van der Waals surface area contributed by atoms with Crippen LogP contribution in [0.5, 0.6) is 28.7 Å². The molecule has 0 unspecified atom stereocenters. The van der Waals surface area contributed by atoms with Gasteiger partial charge in [-0.2, -0.15) is 0 Å². The summed E-state index contributed by atoms with van der Waals surface area (Å²) in [4.78, 5) is 35.4. The van der Waals surface area contributed by atoms with Crippen LogP contribution in [0.1, 0.15) is 0 Å². The average molecular weight is 481 g/mol. The monoisotopic (exact) mass is 481 g/mol. The van der Waals surface area contributed by atoms with Crippen LogP contribution in [0.2, 0.25) is 0 Å². The van der Waals surface area contributed by atoms with Crippen LogP contribution in [0.15, 0.2) is 57.7 Å². The van der Waals surface area contributed by atoms with E-state index in [1.165, 1.54) is 57.7 Å². The standard InChI is InChI=1S/C24H19NO10/c1-30-19-11-15-21(23(32-3)22(19)31-2)14-9-8-13(10-18(14)35-24(15)27)34-20(26)12-33-17-7-5-4-6-16(17)25(28)29/h4-11H,12H2,1-3H3. The molecule has 0 spiro atoms. The highest BCUT2D eigenvalue weighted by Gasteiger charge is 2.22. The molecule has 35 heavy (non-hydrogen) atoms. The fourth-order valence-electron chi connectivity index (χ4n) is 3.62. The topological polar surface area (TPSA) is 137 Å². The van der Waals surface area contributed by atoms with Crippen molar-refractivity contribution in [3.05, 3.63) is 69.1 Å². The number of benzene rings is 3. The first-order valence-electron chi connectivity index (χ1n) is 10.1. The molecule has 11 nitrogen and oxygen atoms in total. The second-order valence-corrected chi connectivity index (χ2v) is 7.10. The molecule has 4 aromatic rings. The molecular weight excluding hydrogens is 462 g/mol. The van der Waals surface area contributed by atoms with Gasteiger partial charge in [0.05, 0.1) is 31.6 Å². The lowest BCUT2D eigenvalue weighted by Crippen LogP contribution is -2.18. The number of fused-ring (bicyclic) bond motifs is 3. The number of carbonyl (C=O) groups is 1. The Balaban J connectivity index is 1.66. The van der Waals surface area contributed by atoms with E-state index in [1.54, 1.807) is 12.1 Å². The predicted molar refractivity (Wildman–Crippen MR) is 124 cm³/mol. The largest absolute Gasteiger partial charge is 0.493 e. The van der Waals surface area contributed by atoms with E-state index >= 15 is 0 Å². The van der Waals surface area contributed by atoms with Crippen molar-refractivity contribution in [2.24, 2.45) is 0 Å². The summed E-state index contributed by atoms with van der Waals surface area (Å²) in [7, 11) is 4.32. The molecule has 11 heteroatoms. The fraction of sp³-hybridized carbons (Fsp3) is 0.167. The highest BCUT2D eigenvalue weighted by atomic mass is 16.6. The van der Waals surface area contributed by atoms with Gasteiger partial charge in [0.2, 0.25) is 5.75 Å². The molecule has 180 valence electrons. The average Bonchev–Trinajstić information content (AvgIpc) is 2.86. The van der Waals surface area contributed by atoms with Crippen LogP contribution in [-0.4, -0.2) is 38.8 Å². The molecule has 0 aliphatic carbocycles. The summed E-state index contributed by atoms with van der Waals surface area (Å²) in [6.07, 6.45) is 0. The van der Waals surface area contributed by atoms with E-state index in [2.05, 4.69) is 0 Å². The van der Waals surface area contributed by atoms with Crippen LogP contribution in [0.4, 0.5) is 5.69 Å². The predicted octanol–water partition coefficient (Wildman–Crippen LogP) is 3.86. The summed E-state index contributed by atoms with van der Waals surface area (Å²) >= 11 is 0. The van der Waals surface area contributed by atoms with Gasteiger partial charge in [0.25, 0.3) is 0 Å². The van der Waals surface area contributed by atoms with Gasteiger partial charge in [-0.15, -0.1) is 0 Å². The molecular formula is C24H19NO10. The minimum Gasteiger partial charge on any atom is -0.493 e. The number of ether oxygens (including phenoxy) is 5. The highest BCUT2D eigenvalue weighted by molar-refractivity contribution is 6.10. The Bertz CT molecular complexity index is 1510. The smallest absolute Gasteiger partial charge is 0.349 e. The van der Waals surface area contributed by atoms with E-state index in [0.717, 1.165) is 0 Å². The van der Waals surface area contributed by atoms with Crippen LogP contribution in [0, 0.1) is 10.1 Å². The quantitative estimate of drug-likeness (QED) is 0.0911. The highest BCUT2D eigenvalue weighted by Crippen LogP contribution is 2.45. The Morgan fingerprint density at radius 2 is 1.69 bits per heavy atom. The van der Waals surface area contributed by atoms with Crippen LogP contribution >= 0.6 is 0 Å². The van der Waals surface area contributed by atoms with Crippen molar-refractivity contribution in [3.63, 3.8) is 0 Å². The van der Waals surface area contributed by atoms with Gasteiger partial charge in [0, 0.05) is 22.9 Å². The first-order chi connectivity index (χ1) is 16.9. The van der Waals surface area contributed by atoms with Crippen molar-refractivity contribution < 1.29 is 37.8 Å². The number of hydrogen-bond donors (Lipinski definition) is 0. The summed E-state index contributed by atoms with van der Waals surface area (Å²) < 4.78 is 32.2. The van der Waals surface area contributed by atoms with Gasteiger partial charge >= 0.3 is 17.3 Å². The van der Waals surface area contributed by atoms with Crippen molar-refractivity contribution in [2.45, 2.75) is 0 Å². The lowest BCUT2D eigenvalue weighted by molar-refractivity contribution is -0.385. The summed E-state index contributed by atoms with van der Waals surface area (Å²) in [6.45, 7) is -0.574. The second kappa shape index (κ2) is 9.59. The zero-order chi connectivity index (χ0) is 25.1. The molecule has 0 fully saturated rings. The summed E-state index contributed by atoms with van der Waals surface area (Å²) in [5.41, 5.74) is -0.798. The van der Waals surface area contributed by atoms with Gasteiger partial charge in [-0.05, 0) is 24.3 Å². The Morgan fingerprint density at radius 1 is 0.943 bits per heavy atom. The van der Waals surface area contributed by atoms with Gasteiger partial charge in [0.1, 0.15) is 11.3 Å². The van der Waals surface area contributed by atoms with Crippen molar-refractivity contribution in [3.8, 4) is 28.7 Å². The van der Waals surface area contributed by atoms with E-state index in [9.17, 15) is 19.7 Å². The van der Waals surface area contributed by atoms with Crippen LogP contribution < -0.4 is 29.3 Å². The fourth-order valence-corrected chi connectivity index (χ4v) is 3.62. The minimum absolute atomic E-state index is 0.0677. The molecule has 0 atom stereocenters. The van der Waals surface area contributed by atoms with Gasteiger partial charge < -0.3 is 28.1 Å². The first kappa shape index (κ1) is 23.4. The van der Waals surface area contributed by atoms with Crippen LogP contribution in [0.3, 0.4) is 0 Å². The number of nitro benzene ring substituents is 1. The Labute approximate surface area is 197 Å². The normalized spacial score (nSPS) is 10.7. The third-order valence-electron chi connectivity index (χ3n) is 5.11. The van der Waals surface area contributed by atoms with Gasteiger partial charge in [-0.25, -0.2) is 9.59 Å². The van der Waals surface area contributed by atoms with Crippen molar-refractivity contribution >= 4 is 33.4 Å². The number of hydrogen-bond acceptors (Lipinski definition) is 10. The Kier molecular flexibility index (Phi) is 6.40. The Hall–Kier alpha value is -4.80. The van der Waals surface area contributed by atoms with E-state index < -0.39 is 23.1 Å². The molecule has 1 heterocycles. The summed E-state index contributed by atoms with van der Waals surface area (Å²) in [5, 5.41) is 12.2. The van der Waals surface area contributed by atoms with Crippen LogP contribution in [0.25, 0.3) is 21.7 Å². The van der Waals surface area contributed by atoms with Crippen molar-refractivity contribution in [2.75, 3.05) is 27.9 Å². The van der Waals surface area contributed by atoms with Crippen molar-refractivity contribution in [1.29, 1.82) is 0 Å². The van der Waals surface area contributed by atoms with Gasteiger partial charge in [-0.1, -0.05) is 12.1 Å². The molecule has 0 radical (unpaired) electrons. The number of carbonyl (C=O) groups excluding carboxylic acids is 1. The number of nitro groups is 1. The van der Waals surface area contributed by atoms with E-state index in [-0.39, 0.29) is 33.9 Å². The first-order valence-corrected chi connectivity index (χ1v) is 10.1. The molecule has 1 aromatic heterocycles. The minimum atomic E-state index is -0.811. The molecule has 3 aromatic carbocycles. The number of methoxy groups -OCH3 is 3. The third-order valence-corrected chi connectivity index (χ3v) is 5.11. The lowest BCUT2D eigenvalue weighted by atomic mass is 10.0. The maximum atomic E-state index is 12.7. The number of esters is 1. The maximum absolute atomic E-state index is 12.7. The molecule has 0 bridgehead atoms. The SMILES string of the molecule is COc1cc2c(=O)oc3cc(OC(=O)COc4ccccc4[N+](=O)[O-])ccc3c2c(OC)c1OC. The van der Waals surface area contributed by atoms with E-state index in [4.69, 9.17) is 28.1 Å². The zero-order valence-corrected chi connectivity index (χ0v) is 18.9. The summed E-state index contributed by atoms with van der Waals surface area (Å²) in [5.74, 6) is 0.0826. The van der Waals surface area contributed by atoms with Gasteiger partial charge in [0.15, 0.2) is 23.9 Å². The number of nitrogens with zero attached hydrogens (tertiary/aromatic N) is 1.